The van der Waals surface area contributed by atoms with E-state index in [-0.39, 0.29) is 35.5 Å². The molecular weight excluding hydrogens is 396 g/mol. The number of allylic oxidation sites excluding steroid dienone is 1. The number of benzene rings is 1. The monoisotopic (exact) mass is 420 g/mol. The van der Waals surface area contributed by atoms with E-state index in [0.717, 1.165) is 16.5 Å². The minimum Gasteiger partial charge on any atom is -0.508 e. The summed E-state index contributed by atoms with van der Waals surface area (Å²) in [6, 6.07) is 6.93. The van der Waals surface area contributed by atoms with E-state index in [1.54, 1.807) is 35.8 Å². The molecule has 0 fully saturated rings. The standard InChI is InChI=1S/C24H24N2O5/c1-4-6-15-16-9-14-11-26-20(22(14)25-19(16)7-8-21(15)28)10-18(24(30,5-2)13-27)17(12-31-3)23(26)29/h4,7-10,13,28,30H,1,5-6,11-12H2,2-3H3. The highest BCUT2D eigenvalue weighted by atomic mass is 16.5. The Morgan fingerprint density at radius 1 is 1.32 bits per heavy atom. The van der Waals surface area contributed by atoms with E-state index in [0.29, 0.717) is 36.2 Å². The van der Waals surface area contributed by atoms with Gasteiger partial charge in [0.05, 0.1) is 30.1 Å². The number of aldehydes is 1. The van der Waals surface area contributed by atoms with Gasteiger partial charge in [-0.2, -0.15) is 0 Å². The largest absolute Gasteiger partial charge is 0.508 e. The number of hydrogen-bond acceptors (Lipinski definition) is 6. The van der Waals surface area contributed by atoms with E-state index in [1.165, 1.54) is 7.11 Å². The second-order valence-electron chi connectivity index (χ2n) is 7.76. The van der Waals surface area contributed by atoms with Crippen molar-refractivity contribution in [3.8, 4) is 17.1 Å². The molecule has 2 aromatic heterocycles. The van der Waals surface area contributed by atoms with Gasteiger partial charge in [-0.1, -0.05) is 13.0 Å². The highest BCUT2D eigenvalue weighted by molar-refractivity contribution is 5.88. The van der Waals surface area contributed by atoms with Crippen LogP contribution in [0.3, 0.4) is 0 Å². The van der Waals surface area contributed by atoms with E-state index in [2.05, 4.69) is 6.58 Å². The SMILES string of the molecule is C=CCc1c(O)ccc2nc3c(cc12)Cn1c-3cc(C(O)(C=O)CC)c(COC)c1=O. The first-order valence-electron chi connectivity index (χ1n) is 10.1. The van der Waals surface area contributed by atoms with E-state index in [1.807, 2.05) is 6.07 Å². The molecule has 7 heteroatoms. The molecule has 2 N–H and O–H groups in total. The lowest BCUT2D eigenvalue weighted by atomic mass is 9.89. The summed E-state index contributed by atoms with van der Waals surface area (Å²) in [5, 5.41) is 22.0. The predicted octanol–water partition coefficient (Wildman–Crippen LogP) is 2.80. The molecule has 160 valence electrons. The second-order valence-corrected chi connectivity index (χ2v) is 7.76. The van der Waals surface area contributed by atoms with E-state index in [9.17, 15) is 19.8 Å². The first-order valence-corrected chi connectivity index (χ1v) is 10.1. The van der Waals surface area contributed by atoms with Crippen molar-refractivity contribution in [3.63, 3.8) is 0 Å². The zero-order chi connectivity index (χ0) is 22.3. The summed E-state index contributed by atoms with van der Waals surface area (Å²) >= 11 is 0. The number of aliphatic hydroxyl groups is 1. The van der Waals surface area contributed by atoms with Gasteiger partial charge < -0.3 is 19.5 Å². The van der Waals surface area contributed by atoms with Crippen LogP contribution < -0.4 is 5.56 Å². The third-order valence-corrected chi connectivity index (χ3v) is 5.97. The van der Waals surface area contributed by atoms with Crippen LogP contribution in [0.15, 0.2) is 41.7 Å². The summed E-state index contributed by atoms with van der Waals surface area (Å²) in [6.45, 7) is 5.72. The minimum absolute atomic E-state index is 0.0201. The van der Waals surface area contributed by atoms with Crippen molar-refractivity contribution < 1.29 is 19.7 Å². The lowest BCUT2D eigenvalue weighted by Gasteiger charge is -2.24. The number of carbonyl (C=O) groups excluding carboxylic acids is 1. The van der Waals surface area contributed by atoms with E-state index >= 15 is 0 Å². The number of nitrogens with zero attached hydrogens (tertiary/aromatic N) is 2. The lowest BCUT2D eigenvalue weighted by Crippen LogP contribution is -2.34. The number of aromatic hydroxyl groups is 1. The average molecular weight is 420 g/mol. The number of fused-ring (bicyclic) bond motifs is 4. The normalized spacial score (nSPS) is 14.2. The molecule has 1 aromatic carbocycles. The molecule has 3 heterocycles. The number of hydrogen-bond donors (Lipinski definition) is 2. The Kier molecular flexibility index (Phi) is 5.24. The molecule has 0 saturated carbocycles. The Bertz CT molecular complexity index is 1280. The number of phenolic OH excluding ortho intramolecular Hbond substituents is 1. The molecule has 1 aliphatic rings. The van der Waals surface area contributed by atoms with Crippen LogP contribution in [0.1, 0.15) is 35.6 Å². The van der Waals surface area contributed by atoms with Gasteiger partial charge >= 0.3 is 0 Å². The van der Waals surface area contributed by atoms with Crippen molar-refractivity contribution in [2.24, 2.45) is 0 Å². The van der Waals surface area contributed by atoms with Crippen LogP contribution in [0.25, 0.3) is 22.3 Å². The molecule has 1 aliphatic heterocycles. The molecule has 1 atom stereocenters. The zero-order valence-electron chi connectivity index (χ0n) is 17.5. The van der Waals surface area contributed by atoms with Gasteiger partial charge in [-0.15, -0.1) is 6.58 Å². The number of rotatable bonds is 7. The van der Waals surface area contributed by atoms with Crippen molar-refractivity contribution in [2.45, 2.75) is 38.5 Å². The van der Waals surface area contributed by atoms with Crippen LogP contribution in [-0.2, 0) is 34.7 Å². The van der Waals surface area contributed by atoms with E-state index in [4.69, 9.17) is 9.72 Å². The fourth-order valence-electron chi connectivity index (χ4n) is 4.26. The maximum absolute atomic E-state index is 13.3. The number of pyridine rings is 2. The Hall–Kier alpha value is -3.29. The average Bonchev–Trinajstić information content (AvgIpc) is 3.13. The number of aromatic nitrogens is 2. The molecule has 7 nitrogen and oxygen atoms in total. The Morgan fingerprint density at radius 2 is 2.10 bits per heavy atom. The second kappa shape index (κ2) is 7.76. The summed E-state index contributed by atoms with van der Waals surface area (Å²) in [5.41, 5.74) is 1.79. The van der Waals surface area contributed by atoms with Crippen molar-refractivity contribution in [1.29, 1.82) is 0 Å². The van der Waals surface area contributed by atoms with Crippen molar-refractivity contribution >= 4 is 17.2 Å². The molecule has 0 aliphatic carbocycles. The first-order chi connectivity index (χ1) is 14.9. The summed E-state index contributed by atoms with van der Waals surface area (Å²) in [7, 11) is 1.46. The molecule has 0 radical (unpaired) electrons. The maximum atomic E-state index is 13.3. The van der Waals surface area contributed by atoms with Gasteiger partial charge in [-0.25, -0.2) is 4.98 Å². The Labute approximate surface area is 179 Å². The summed E-state index contributed by atoms with van der Waals surface area (Å²) < 4.78 is 6.78. The van der Waals surface area contributed by atoms with Crippen LogP contribution in [0, 0.1) is 0 Å². The minimum atomic E-state index is -1.79. The molecule has 0 saturated heterocycles. The van der Waals surface area contributed by atoms with Gasteiger partial charge in [0, 0.05) is 34.7 Å². The summed E-state index contributed by atoms with van der Waals surface area (Å²) in [5.74, 6) is 0.172. The van der Waals surface area contributed by atoms with Gasteiger partial charge in [0.1, 0.15) is 11.4 Å². The molecule has 1 unspecified atom stereocenters. The van der Waals surface area contributed by atoms with Crippen molar-refractivity contribution in [2.75, 3.05) is 7.11 Å². The Morgan fingerprint density at radius 3 is 2.74 bits per heavy atom. The number of ether oxygens (including phenoxy) is 1. The topological polar surface area (TPSA) is 102 Å². The lowest BCUT2D eigenvalue weighted by molar-refractivity contribution is -0.125. The molecular formula is C24H24N2O5. The third-order valence-electron chi connectivity index (χ3n) is 5.97. The fraction of sp³-hybridized carbons (Fsp3) is 0.292. The van der Waals surface area contributed by atoms with Crippen LogP contribution in [0.4, 0.5) is 0 Å². The van der Waals surface area contributed by atoms with Gasteiger partial charge in [-0.05, 0) is 37.1 Å². The van der Waals surface area contributed by atoms with Gasteiger partial charge in [0.25, 0.3) is 5.56 Å². The van der Waals surface area contributed by atoms with Crippen LogP contribution in [0.2, 0.25) is 0 Å². The maximum Gasteiger partial charge on any atom is 0.257 e. The summed E-state index contributed by atoms with van der Waals surface area (Å²) in [4.78, 5) is 29.8. The number of phenols is 1. The molecule has 3 aromatic rings. The zero-order valence-corrected chi connectivity index (χ0v) is 17.5. The highest BCUT2D eigenvalue weighted by Gasteiger charge is 2.34. The number of carbonyl (C=O) groups is 1. The first kappa shape index (κ1) is 21.0. The van der Waals surface area contributed by atoms with Crippen molar-refractivity contribution in [3.05, 3.63) is 69.5 Å². The predicted molar refractivity (Wildman–Crippen MR) is 117 cm³/mol. The third kappa shape index (κ3) is 3.17. The Balaban J connectivity index is 2.00. The molecule has 4 rings (SSSR count). The summed E-state index contributed by atoms with van der Waals surface area (Å²) in [6.07, 6.45) is 2.79. The van der Waals surface area contributed by atoms with Crippen molar-refractivity contribution in [1.82, 2.24) is 9.55 Å². The van der Waals surface area contributed by atoms with Crippen LogP contribution in [0.5, 0.6) is 5.75 Å². The van der Waals surface area contributed by atoms with Crippen LogP contribution >= 0.6 is 0 Å². The molecule has 0 spiro atoms. The smallest absolute Gasteiger partial charge is 0.257 e. The van der Waals surface area contributed by atoms with Gasteiger partial charge in [-0.3, -0.25) is 9.59 Å². The number of methoxy groups -OCH3 is 1. The van der Waals surface area contributed by atoms with E-state index < -0.39 is 5.60 Å². The van der Waals surface area contributed by atoms with Gasteiger partial charge in [0.15, 0.2) is 6.29 Å². The molecule has 0 bridgehead atoms. The van der Waals surface area contributed by atoms with Gasteiger partial charge in [0.2, 0.25) is 0 Å². The quantitative estimate of drug-likeness (QED) is 0.352. The molecule has 0 amide bonds. The van der Waals surface area contributed by atoms with Crippen LogP contribution in [-0.4, -0.2) is 33.2 Å². The fourth-order valence-corrected chi connectivity index (χ4v) is 4.26. The molecule has 31 heavy (non-hydrogen) atoms. The highest BCUT2D eigenvalue weighted by Crippen LogP contribution is 2.37.